The summed E-state index contributed by atoms with van der Waals surface area (Å²) in [6.07, 6.45) is 14.6. The first-order valence-corrected chi connectivity index (χ1v) is 9.78. The predicted octanol–water partition coefficient (Wildman–Crippen LogP) is 7.55. The van der Waals surface area contributed by atoms with Gasteiger partial charge in [-0.25, -0.2) is 0 Å². The molecule has 24 heavy (non-hydrogen) atoms. The summed E-state index contributed by atoms with van der Waals surface area (Å²) in [6.45, 7) is 11.2. The molecule has 1 heteroatoms. The predicted molar refractivity (Wildman–Crippen MR) is 108 cm³/mol. The zero-order valence-corrected chi connectivity index (χ0v) is 16.3. The van der Waals surface area contributed by atoms with Crippen LogP contribution in [0.15, 0.2) is 35.3 Å². The van der Waals surface area contributed by atoms with Gasteiger partial charge in [-0.05, 0) is 49.1 Å². The molecular formula is C23H35N. The third-order valence-electron chi connectivity index (χ3n) is 5.42. The molecule has 0 saturated heterocycles. The van der Waals surface area contributed by atoms with Gasteiger partial charge >= 0.3 is 0 Å². The number of hydrogen-bond acceptors (Lipinski definition) is 1. The summed E-state index contributed by atoms with van der Waals surface area (Å²) in [5, 5.41) is 0. The van der Waals surface area contributed by atoms with E-state index in [0.717, 1.165) is 6.42 Å². The second kappa shape index (κ2) is 8.65. The first-order valence-electron chi connectivity index (χ1n) is 9.78. The Bertz CT molecular complexity index is 545. The van der Waals surface area contributed by atoms with E-state index in [1.807, 2.05) is 0 Å². The average Bonchev–Trinajstić information content (AvgIpc) is 2.58. The molecule has 0 heterocycles. The number of allylic oxidation sites excluding steroid dienone is 2. The molecule has 0 bridgehead atoms. The Labute approximate surface area is 149 Å². The second-order valence-corrected chi connectivity index (χ2v) is 8.05. The Balaban J connectivity index is 2.41. The van der Waals surface area contributed by atoms with E-state index in [9.17, 15) is 0 Å². The Morgan fingerprint density at radius 3 is 2.08 bits per heavy atom. The molecule has 1 aromatic rings. The summed E-state index contributed by atoms with van der Waals surface area (Å²) < 4.78 is 0. The average molecular weight is 326 g/mol. The minimum absolute atomic E-state index is 0.267. The van der Waals surface area contributed by atoms with Gasteiger partial charge in [0.05, 0.1) is 5.69 Å². The molecule has 0 atom stereocenters. The minimum atomic E-state index is 0.267. The molecule has 1 nitrogen and oxygen atoms in total. The smallest absolute Gasteiger partial charge is 0.0695 e. The van der Waals surface area contributed by atoms with E-state index >= 15 is 0 Å². The van der Waals surface area contributed by atoms with Crippen LogP contribution in [0.5, 0.6) is 0 Å². The zero-order chi connectivity index (χ0) is 17.6. The SMILES string of the molecule is C/C=C/CC1(C=Nc2c(C(C)C)cccc2C(C)C)CCCCC1. The van der Waals surface area contributed by atoms with Crippen LogP contribution in [-0.4, -0.2) is 6.21 Å². The van der Waals surface area contributed by atoms with Crippen LogP contribution in [0.2, 0.25) is 0 Å². The lowest BCUT2D eigenvalue weighted by molar-refractivity contribution is 0.294. The number of hydrogen-bond donors (Lipinski definition) is 0. The maximum atomic E-state index is 5.14. The highest BCUT2D eigenvalue weighted by Crippen LogP contribution is 2.40. The van der Waals surface area contributed by atoms with Crippen LogP contribution in [0.3, 0.4) is 0 Å². The van der Waals surface area contributed by atoms with Crippen molar-refractivity contribution in [1.82, 2.24) is 0 Å². The van der Waals surface area contributed by atoms with E-state index in [4.69, 9.17) is 4.99 Å². The lowest BCUT2D eigenvalue weighted by Gasteiger charge is -2.33. The molecule has 1 fully saturated rings. The first-order chi connectivity index (χ1) is 11.5. The fourth-order valence-corrected chi connectivity index (χ4v) is 3.86. The van der Waals surface area contributed by atoms with Crippen molar-refractivity contribution in [3.63, 3.8) is 0 Å². The van der Waals surface area contributed by atoms with Gasteiger partial charge in [0.15, 0.2) is 0 Å². The van der Waals surface area contributed by atoms with Gasteiger partial charge in [-0.2, -0.15) is 0 Å². The molecule has 2 rings (SSSR count). The van der Waals surface area contributed by atoms with Crippen molar-refractivity contribution in [2.75, 3.05) is 0 Å². The van der Waals surface area contributed by atoms with Crippen molar-refractivity contribution in [1.29, 1.82) is 0 Å². The molecule has 0 radical (unpaired) electrons. The third kappa shape index (κ3) is 4.59. The number of benzene rings is 1. The van der Waals surface area contributed by atoms with E-state index in [2.05, 4.69) is 71.2 Å². The zero-order valence-electron chi connectivity index (χ0n) is 16.3. The summed E-state index contributed by atoms with van der Waals surface area (Å²) in [6, 6.07) is 6.70. The molecule has 0 aliphatic heterocycles. The number of rotatable bonds is 6. The highest BCUT2D eigenvalue weighted by atomic mass is 14.7. The van der Waals surface area contributed by atoms with Gasteiger partial charge in [0.1, 0.15) is 0 Å². The van der Waals surface area contributed by atoms with Crippen LogP contribution in [0.1, 0.15) is 96.1 Å². The maximum Gasteiger partial charge on any atom is 0.0695 e. The van der Waals surface area contributed by atoms with E-state index in [0.29, 0.717) is 11.8 Å². The van der Waals surface area contributed by atoms with Gasteiger partial charge in [-0.15, -0.1) is 0 Å². The van der Waals surface area contributed by atoms with Crippen molar-refractivity contribution >= 4 is 11.9 Å². The van der Waals surface area contributed by atoms with Crippen LogP contribution in [-0.2, 0) is 0 Å². The van der Waals surface area contributed by atoms with E-state index in [1.165, 1.54) is 48.9 Å². The third-order valence-corrected chi connectivity index (χ3v) is 5.42. The molecule has 1 aromatic carbocycles. The molecule has 1 aliphatic rings. The van der Waals surface area contributed by atoms with Crippen LogP contribution >= 0.6 is 0 Å². The van der Waals surface area contributed by atoms with E-state index in [-0.39, 0.29) is 5.41 Å². The Morgan fingerprint density at radius 1 is 1.00 bits per heavy atom. The summed E-state index contributed by atoms with van der Waals surface area (Å²) >= 11 is 0. The van der Waals surface area contributed by atoms with Crippen molar-refractivity contribution in [3.8, 4) is 0 Å². The normalized spacial score (nSPS) is 18.3. The van der Waals surface area contributed by atoms with Gasteiger partial charge in [-0.1, -0.05) is 77.3 Å². The van der Waals surface area contributed by atoms with Crippen molar-refractivity contribution in [2.45, 2.75) is 85.0 Å². The standard InChI is InChI=1S/C23H35N/c1-6-7-14-23(15-9-8-10-16-23)17-24-22-20(18(2)3)12-11-13-21(22)19(4)5/h6-7,11-13,17-19H,8-10,14-16H2,1-5H3/b7-6+,24-17?. The molecule has 0 amide bonds. The number of nitrogens with zero attached hydrogens (tertiary/aromatic N) is 1. The van der Waals surface area contributed by atoms with Gasteiger partial charge in [0.25, 0.3) is 0 Å². The minimum Gasteiger partial charge on any atom is -0.260 e. The van der Waals surface area contributed by atoms with Gasteiger partial charge in [-0.3, -0.25) is 4.99 Å². The number of para-hydroxylation sites is 1. The van der Waals surface area contributed by atoms with Crippen LogP contribution in [0, 0.1) is 5.41 Å². The van der Waals surface area contributed by atoms with Crippen LogP contribution in [0.4, 0.5) is 5.69 Å². The number of aliphatic imine (C=N–C) groups is 1. The van der Waals surface area contributed by atoms with Gasteiger partial charge < -0.3 is 0 Å². The highest BCUT2D eigenvalue weighted by molar-refractivity contribution is 5.73. The lowest BCUT2D eigenvalue weighted by Crippen LogP contribution is -2.25. The van der Waals surface area contributed by atoms with E-state index in [1.54, 1.807) is 0 Å². The molecule has 132 valence electrons. The largest absolute Gasteiger partial charge is 0.260 e. The monoisotopic (exact) mass is 325 g/mol. The fraction of sp³-hybridized carbons (Fsp3) is 0.609. The Morgan fingerprint density at radius 2 is 1.58 bits per heavy atom. The topological polar surface area (TPSA) is 12.4 Å². The molecule has 0 unspecified atom stereocenters. The van der Waals surface area contributed by atoms with Crippen molar-refractivity contribution < 1.29 is 0 Å². The maximum absolute atomic E-state index is 5.14. The van der Waals surface area contributed by atoms with Crippen molar-refractivity contribution in [2.24, 2.45) is 10.4 Å². The quantitative estimate of drug-likeness (QED) is 0.378. The fourth-order valence-electron chi connectivity index (χ4n) is 3.86. The Hall–Kier alpha value is -1.37. The van der Waals surface area contributed by atoms with Gasteiger partial charge in [0.2, 0.25) is 0 Å². The van der Waals surface area contributed by atoms with E-state index < -0.39 is 0 Å². The summed E-state index contributed by atoms with van der Waals surface area (Å²) in [5.41, 5.74) is 4.26. The molecule has 1 saturated carbocycles. The van der Waals surface area contributed by atoms with Crippen molar-refractivity contribution in [3.05, 3.63) is 41.5 Å². The van der Waals surface area contributed by atoms with Gasteiger partial charge in [0, 0.05) is 11.6 Å². The summed E-state index contributed by atoms with van der Waals surface area (Å²) in [5.74, 6) is 1.02. The van der Waals surface area contributed by atoms with Crippen LogP contribution < -0.4 is 0 Å². The van der Waals surface area contributed by atoms with Crippen LogP contribution in [0.25, 0.3) is 0 Å². The molecule has 1 aliphatic carbocycles. The molecule has 0 spiro atoms. The summed E-state index contributed by atoms with van der Waals surface area (Å²) in [4.78, 5) is 5.14. The molecule has 0 aromatic heterocycles. The Kier molecular flexibility index (Phi) is 6.83. The summed E-state index contributed by atoms with van der Waals surface area (Å²) in [7, 11) is 0. The lowest BCUT2D eigenvalue weighted by atomic mass is 9.72. The highest BCUT2D eigenvalue weighted by Gasteiger charge is 2.29. The first kappa shape index (κ1) is 19.0. The molecular weight excluding hydrogens is 290 g/mol. The molecule has 0 N–H and O–H groups in total. The second-order valence-electron chi connectivity index (χ2n) is 8.05.